The number of benzene rings is 1. The van der Waals surface area contributed by atoms with Gasteiger partial charge in [-0.25, -0.2) is 9.97 Å². The number of methoxy groups -OCH3 is 2. The van der Waals surface area contributed by atoms with Crippen LogP contribution in [0.5, 0.6) is 17.4 Å². The Labute approximate surface area is 187 Å². The first-order valence-electron chi connectivity index (χ1n) is 10.9. The molecule has 3 aromatic rings. The second kappa shape index (κ2) is 8.68. The predicted octanol–water partition coefficient (Wildman–Crippen LogP) is 3.91. The van der Waals surface area contributed by atoms with Crippen molar-refractivity contribution in [1.29, 1.82) is 0 Å². The van der Waals surface area contributed by atoms with Gasteiger partial charge in [0.15, 0.2) is 11.5 Å². The van der Waals surface area contributed by atoms with E-state index in [9.17, 15) is 4.79 Å². The van der Waals surface area contributed by atoms with Crippen molar-refractivity contribution in [2.75, 3.05) is 20.8 Å². The van der Waals surface area contributed by atoms with Gasteiger partial charge in [-0.05, 0) is 52.0 Å². The van der Waals surface area contributed by atoms with E-state index in [0.29, 0.717) is 30.3 Å². The molecule has 0 aliphatic carbocycles. The first-order chi connectivity index (χ1) is 15.3. The minimum absolute atomic E-state index is 0.0608. The molecule has 1 aliphatic heterocycles. The van der Waals surface area contributed by atoms with Crippen LogP contribution < -0.4 is 19.5 Å². The highest BCUT2D eigenvalue weighted by molar-refractivity contribution is 5.85. The molecule has 1 N–H and O–H groups in total. The summed E-state index contributed by atoms with van der Waals surface area (Å²) in [6.07, 6.45) is 0.281. The summed E-state index contributed by atoms with van der Waals surface area (Å²) in [6.45, 7) is 8.82. The van der Waals surface area contributed by atoms with E-state index in [1.165, 1.54) is 0 Å². The van der Waals surface area contributed by atoms with Crippen LogP contribution in [0.1, 0.15) is 39.1 Å². The van der Waals surface area contributed by atoms with Crippen LogP contribution in [0.4, 0.5) is 0 Å². The normalized spacial score (nSPS) is 17.0. The van der Waals surface area contributed by atoms with E-state index in [0.717, 1.165) is 28.1 Å². The van der Waals surface area contributed by atoms with Gasteiger partial charge in [-0.2, -0.15) is 0 Å². The molecule has 3 heterocycles. The third kappa shape index (κ3) is 3.97. The summed E-state index contributed by atoms with van der Waals surface area (Å²) in [6, 6.07) is 7.86. The van der Waals surface area contributed by atoms with E-state index >= 15 is 0 Å². The Morgan fingerprint density at radius 1 is 1.09 bits per heavy atom. The molecule has 0 saturated carbocycles. The highest BCUT2D eigenvalue weighted by Crippen LogP contribution is 2.36. The van der Waals surface area contributed by atoms with Crippen LogP contribution in [0.2, 0.25) is 0 Å². The van der Waals surface area contributed by atoms with Gasteiger partial charge in [-0.15, -0.1) is 0 Å². The van der Waals surface area contributed by atoms with Crippen molar-refractivity contribution in [3.63, 3.8) is 0 Å². The monoisotopic (exact) mass is 438 g/mol. The summed E-state index contributed by atoms with van der Waals surface area (Å²) < 4.78 is 19.4. The maximum atomic E-state index is 11.7. The number of carbonyl (C=O) groups excluding carboxylic acids is 1. The summed E-state index contributed by atoms with van der Waals surface area (Å²) in [4.78, 5) is 21.4. The molecule has 8 heteroatoms. The standard InChI is InChI=1S/C24H30N4O4/c1-13(2)28-15(4)26-19-11-18(16-7-8-20(30-5)21(9-16)31-6)27-24(23(19)28)32-14(3)17-10-22(29)25-12-17/h7-9,11,13-14,17H,10,12H2,1-6H3,(H,25,29)/t14-,17?/m1/s1. The highest BCUT2D eigenvalue weighted by Gasteiger charge is 2.29. The van der Waals surface area contributed by atoms with Gasteiger partial charge in [-0.3, -0.25) is 4.79 Å². The topological polar surface area (TPSA) is 87.5 Å². The number of hydrogen-bond acceptors (Lipinski definition) is 6. The number of fused-ring (bicyclic) bond motifs is 1. The van der Waals surface area contributed by atoms with E-state index in [1.807, 2.05) is 38.1 Å². The summed E-state index contributed by atoms with van der Waals surface area (Å²) in [5, 5.41) is 2.89. The van der Waals surface area contributed by atoms with Crippen LogP contribution >= 0.6 is 0 Å². The maximum Gasteiger partial charge on any atom is 0.241 e. The molecule has 1 amide bonds. The molecule has 1 unspecified atom stereocenters. The Bertz CT molecular complexity index is 1150. The summed E-state index contributed by atoms with van der Waals surface area (Å²) in [5.41, 5.74) is 3.29. The van der Waals surface area contributed by atoms with Crippen molar-refractivity contribution in [1.82, 2.24) is 19.9 Å². The van der Waals surface area contributed by atoms with Gasteiger partial charge in [0.05, 0.1) is 25.4 Å². The molecule has 1 aromatic carbocycles. The number of nitrogens with one attached hydrogen (secondary N) is 1. The lowest BCUT2D eigenvalue weighted by Gasteiger charge is -2.21. The van der Waals surface area contributed by atoms with Gasteiger partial charge in [0.2, 0.25) is 11.8 Å². The number of pyridine rings is 1. The number of rotatable bonds is 7. The second-order valence-electron chi connectivity index (χ2n) is 8.46. The summed E-state index contributed by atoms with van der Waals surface area (Å²) in [7, 11) is 3.22. The van der Waals surface area contributed by atoms with Crippen molar-refractivity contribution in [3.8, 4) is 28.6 Å². The molecule has 2 atom stereocenters. The van der Waals surface area contributed by atoms with E-state index in [-0.39, 0.29) is 24.0 Å². The largest absolute Gasteiger partial charge is 0.493 e. The molecule has 4 rings (SSSR count). The summed E-state index contributed by atoms with van der Waals surface area (Å²) >= 11 is 0. The lowest BCUT2D eigenvalue weighted by Crippen LogP contribution is -2.26. The van der Waals surface area contributed by atoms with Crippen LogP contribution in [-0.2, 0) is 4.79 Å². The van der Waals surface area contributed by atoms with Crippen molar-refractivity contribution in [2.24, 2.45) is 5.92 Å². The number of nitrogens with zero attached hydrogens (tertiary/aromatic N) is 3. The maximum absolute atomic E-state index is 11.7. The van der Waals surface area contributed by atoms with E-state index in [4.69, 9.17) is 24.2 Å². The van der Waals surface area contributed by atoms with Crippen LogP contribution in [-0.4, -0.2) is 47.3 Å². The molecule has 0 bridgehead atoms. The lowest BCUT2D eigenvalue weighted by atomic mass is 10.0. The molecule has 1 aliphatic rings. The van der Waals surface area contributed by atoms with Gasteiger partial charge in [-0.1, -0.05) is 0 Å². The average Bonchev–Trinajstić information content (AvgIpc) is 3.35. The zero-order valence-electron chi connectivity index (χ0n) is 19.4. The first-order valence-corrected chi connectivity index (χ1v) is 10.9. The molecular formula is C24H30N4O4. The molecule has 170 valence electrons. The number of aryl methyl sites for hydroxylation is 1. The fraction of sp³-hybridized carbons (Fsp3) is 0.458. The Hall–Kier alpha value is -3.29. The third-order valence-electron chi connectivity index (χ3n) is 5.98. The minimum atomic E-state index is -0.180. The number of hydrogen-bond donors (Lipinski definition) is 1. The molecule has 2 aromatic heterocycles. The van der Waals surface area contributed by atoms with E-state index < -0.39 is 0 Å². The Morgan fingerprint density at radius 3 is 2.47 bits per heavy atom. The zero-order chi connectivity index (χ0) is 23.0. The van der Waals surface area contributed by atoms with Gasteiger partial charge in [0.1, 0.15) is 17.4 Å². The van der Waals surface area contributed by atoms with Crippen LogP contribution in [0.15, 0.2) is 24.3 Å². The number of amides is 1. The molecule has 0 radical (unpaired) electrons. The second-order valence-corrected chi connectivity index (χ2v) is 8.46. The fourth-order valence-corrected chi connectivity index (χ4v) is 4.29. The van der Waals surface area contributed by atoms with E-state index in [1.54, 1.807) is 14.2 Å². The number of aromatic nitrogens is 3. The number of ether oxygens (including phenoxy) is 3. The SMILES string of the molecule is COc1ccc(-c2cc3nc(C)n(C(C)C)c3c(O[C@H](C)C3CNC(=O)C3)n2)cc1OC. The quantitative estimate of drug-likeness (QED) is 0.602. The first kappa shape index (κ1) is 21.9. The molecule has 32 heavy (non-hydrogen) atoms. The van der Waals surface area contributed by atoms with Gasteiger partial charge >= 0.3 is 0 Å². The van der Waals surface area contributed by atoms with Gasteiger partial charge in [0.25, 0.3) is 0 Å². The Morgan fingerprint density at radius 2 is 1.84 bits per heavy atom. The predicted molar refractivity (Wildman–Crippen MR) is 122 cm³/mol. The molecular weight excluding hydrogens is 408 g/mol. The molecule has 8 nitrogen and oxygen atoms in total. The van der Waals surface area contributed by atoms with Crippen LogP contribution in [0.25, 0.3) is 22.3 Å². The zero-order valence-corrected chi connectivity index (χ0v) is 19.4. The summed E-state index contributed by atoms with van der Waals surface area (Å²) in [5.74, 6) is 2.86. The van der Waals surface area contributed by atoms with Crippen molar-refractivity contribution >= 4 is 16.9 Å². The lowest BCUT2D eigenvalue weighted by molar-refractivity contribution is -0.119. The van der Waals surface area contributed by atoms with Crippen LogP contribution in [0, 0.1) is 12.8 Å². The van der Waals surface area contributed by atoms with Crippen molar-refractivity contribution in [2.45, 2.75) is 46.3 Å². The van der Waals surface area contributed by atoms with Crippen molar-refractivity contribution in [3.05, 3.63) is 30.1 Å². The number of imidazole rings is 1. The van der Waals surface area contributed by atoms with E-state index in [2.05, 4.69) is 23.7 Å². The minimum Gasteiger partial charge on any atom is -0.493 e. The molecule has 1 saturated heterocycles. The average molecular weight is 439 g/mol. The van der Waals surface area contributed by atoms with Gasteiger partial charge in [0, 0.05) is 30.5 Å². The Kier molecular flexibility index (Phi) is 5.95. The fourth-order valence-electron chi connectivity index (χ4n) is 4.29. The van der Waals surface area contributed by atoms with Crippen LogP contribution in [0.3, 0.4) is 0 Å². The smallest absolute Gasteiger partial charge is 0.241 e. The molecule has 1 fully saturated rings. The Balaban J connectivity index is 1.83. The van der Waals surface area contributed by atoms with Crippen molar-refractivity contribution < 1.29 is 19.0 Å². The third-order valence-corrected chi connectivity index (χ3v) is 5.98. The molecule has 0 spiro atoms. The van der Waals surface area contributed by atoms with Gasteiger partial charge < -0.3 is 24.1 Å². The highest BCUT2D eigenvalue weighted by atomic mass is 16.5. The number of carbonyl (C=O) groups is 1.